The van der Waals surface area contributed by atoms with Crippen LogP contribution in [0.4, 0.5) is 5.13 Å². The Morgan fingerprint density at radius 1 is 1.47 bits per heavy atom. The van der Waals surface area contributed by atoms with Gasteiger partial charge in [0.05, 0.1) is 24.0 Å². The fourth-order valence-corrected chi connectivity index (χ4v) is 4.34. The fraction of sp³-hybridized carbons (Fsp3) is 0.579. The summed E-state index contributed by atoms with van der Waals surface area (Å²) in [5.74, 6) is -1.11. The van der Waals surface area contributed by atoms with Crippen molar-refractivity contribution in [3.8, 4) is 0 Å². The predicted octanol–water partition coefficient (Wildman–Crippen LogP) is 2.97. The number of aromatic amines is 1. The minimum atomic E-state index is -0.986. The number of amides is 1. The maximum Gasteiger partial charge on any atom is 0.347 e. The van der Waals surface area contributed by atoms with E-state index in [1.807, 2.05) is 11.8 Å². The summed E-state index contributed by atoms with van der Waals surface area (Å²) in [5.41, 5.74) is 0.727. The van der Waals surface area contributed by atoms with Gasteiger partial charge in [0.2, 0.25) is 0 Å². The zero-order valence-electron chi connectivity index (χ0n) is 17.0. The van der Waals surface area contributed by atoms with Gasteiger partial charge in [0, 0.05) is 19.7 Å². The molecule has 1 fully saturated rings. The topological polar surface area (TPSA) is 120 Å². The third-order valence-electron chi connectivity index (χ3n) is 4.98. The van der Waals surface area contributed by atoms with Gasteiger partial charge in [0.25, 0.3) is 5.91 Å². The van der Waals surface area contributed by atoms with Gasteiger partial charge in [-0.15, -0.1) is 0 Å². The van der Waals surface area contributed by atoms with E-state index >= 15 is 0 Å². The molecule has 0 radical (unpaired) electrons. The van der Waals surface area contributed by atoms with Crippen LogP contribution in [-0.2, 0) is 11.2 Å². The number of halogens is 1. The Morgan fingerprint density at radius 2 is 2.27 bits per heavy atom. The van der Waals surface area contributed by atoms with Gasteiger partial charge in [-0.05, 0) is 19.3 Å². The number of piperidine rings is 1. The van der Waals surface area contributed by atoms with E-state index in [1.54, 1.807) is 0 Å². The van der Waals surface area contributed by atoms with Crippen molar-refractivity contribution >= 4 is 39.9 Å². The van der Waals surface area contributed by atoms with Crippen molar-refractivity contribution < 1.29 is 19.4 Å². The lowest BCUT2D eigenvalue weighted by molar-refractivity contribution is 0.0187. The van der Waals surface area contributed by atoms with Crippen LogP contribution in [0.15, 0.2) is 6.20 Å². The molecule has 30 heavy (non-hydrogen) atoms. The van der Waals surface area contributed by atoms with Gasteiger partial charge in [-0.1, -0.05) is 43.2 Å². The second-order valence-corrected chi connectivity index (χ2v) is 8.47. The Hall–Kier alpha value is -2.17. The molecule has 3 N–H and O–H groups in total. The molecule has 1 amide bonds. The number of nitrogens with zero attached hydrogens (tertiary/aromatic N) is 3. The number of aryl methyl sites for hydroxylation is 1. The number of carbonyl (C=O) groups is 2. The molecule has 0 saturated carbocycles. The number of thiazole rings is 1. The van der Waals surface area contributed by atoms with Crippen LogP contribution in [0.3, 0.4) is 0 Å². The van der Waals surface area contributed by atoms with Crippen LogP contribution < -0.4 is 10.2 Å². The van der Waals surface area contributed by atoms with Gasteiger partial charge >= 0.3 is 5.97 Å². The number of hydrogen-bond acceptors (Lipinski definition) is 7. The number of carboxylic acid groups (broad SMARTS) is 1. The number of hydrogen-bond donors (Lipinski definition) is 3. The first-order valence-electron chi connectivity index (χ1n) is 10.0. The van der Waals surface area contributed by atoms with Crippen molar-refractivity contribution in [2.24, 2.45) is 0 Å². The number of carbonyl (C=O) groups excluding carboxylic acids is 1. The van der Waals surface area contributed by atoms with Crippen molar-refractivity contribution in [3.63, 3.8) is 0 Å². The van der Waals surface area contributed by atoms with Gasteiger partial charge in [-0.3, -0.25) is 4.79 Å². The second-order valence-electron chi connectivity index (χ2n) is 7.10. The summed E-state index contributed by atoms with van der Waals surface area (Å²) in [7, 11) is 0. The van der Waals surface area contributed by atoms with Crippen molar-refractivity contribution in [3.05, 3.63) is 27.7 Å². The summed E-state index contributed by atoms with van der Waals surface area (Å²) < 4.78 is 6.08. The normalized spacial score (nSPS) is 19.1. The summed E-state index contributed by atoms with van der Waals surface area (Å²) in [6, 6.07) is -0.196. The molecule has 0 unspecified atom stereocenters. The SMILES string of the molecule is CCCCO[C@H]1CN(c2ncc(C(=O)O)s2)CC[C@H]1NC(=O)c1nc(Cl)c(CC)[nH]1. The lowest BCUT2D eigenvalue weighted by Crippen LogP contribution is -2.55. The quantitative estimate of drug-likeness (QED) is 0.497. The zero-order valence-corrected chi connectivity index (χ0v) is 18.6. The number of nitrogens with one attached hydrogen (secondary N) is 2. The average molecular weight is 456 g/mol. The Bertz CT molecular complexity index is 886. The molecule has 2 atom stereocenters. The monoisotopic (exact) mass is 455 g/mol. The Labute approximate surface area is 183 Å². The summed E-state index contributed by atoms with van der Waals surface area (Å²) in [5, 5.41) is 13.1. The minimum Gasteiger partial charge on any atom is -0.477 e. The molecular formula is C19H26ClN5O4S. The molecule has 2 aromatic heterocycles. The van der Waals surface area contributed by atoms with E-state index in [-0.39, 0.29) is 28.8 Å². The van der Waals surface area contributed by atoms with E-state index in [2.05, 4.69) is 27.2 Å². The molecule has 1 aliphatic heterocycles. The fourth-order valence-electron chi connectivity index (χ4n) is 3.28. The van der Waals surface area contributed by atoms with Crippen molar-refractivity contribution in [2.45, 2.75) is 51.7 Å². The zero-order chi connectivity index (χ0) is 21.7. The number of anilines is 1. The molecule has 1 saturated heterocycles. The number of aromatic carboxylic acids is 1. The van der Waals surface area contributed by atoms with Gasteiger partial charge in [0.1, 0.15) is 4.88 Å². The summed E-state index contributed by atoms with van der Waals surface area (Å²) >= 11 is 7.19. The van der Waals surface area contributed by atoms with Gasteiger partial charge in [0.15, 0.2) is 16.1 Å². The lowest BCUT2D eigenvalue weighted by atomic mass is 10.0. The van der Waals surface area contributed by atoms with Crippen LogP contribution in [0.2, 0.25) is 5.15 Å². The number of H-pyrrole nitrogens is 1. The molecule has 0 spiro atoms. The summed E-state index contributed by atoms with van der Waals surface area (Å²) in [6.07, 6.45) is 4.35. The maximum absolute atomic E-state index is 12.7. The van der Waals surface area contributed by atoms with Gasteiger partial charge in [-0.25, -0.2) is 14.8 Å². The average Bonchev–Trinajstić information content (AvgIpc) is 3.36. The number of unbranched alkanes of at least 4 members (excludes halogenated alkanes) is 1. The molecule has 9 nitrogen and oxygen atoms in total. The molecule has 3 heterocycles. The molecule has 0 aliphatic carbocycles. The first kappa shape index (κ1) is 22.5. The van der Waals surface area contributed by atoms with Crippen LogP contribution in [0.1, 0.15) is 59.1 Å². The Balaban J connectivity index is 1.69. The van der Waals surface area contributed by atoms with E-state index in [1.165, 1.54) is 6.20 Å². The Kier molecular flexibility index (Phi) is 7.68. The standard InChI is InChI=1S/C19H26ClN5O4S/c1-3-5-8-29-13-10-25(19-21-9-14(30-19)18(27)28)7-6-12(13)23-17(26)16-22-11(4-2)15(20)24-16/h9,12-13H,3-8,10H2,1-2H3,(H,22,24)(H,23,26)(H,27,28)/t12-,13+/m1/s1. The van der Waals surface area contributed by atoms with E-state index in [4.69, 9.17) is 21.4 Å². The highest BCUT2D eigenvalue weighted by atomic mass is 35.5. The second kappa shape index (κ2) is 10.2. The molecule has 164 valence electrons. The largest absolute Gasteiger partial charge is 0.477 e. The summed E-state index contributed by atoms with van der Waals surface area (Å²) in [6.45, 7) is 5.75. The Morgan fingerprint density at radius 3 is 2.90 bits per heavy atom. The van der Waals surface area contributed by atoms with Crippen LogP contribution >= 0.6 is 22.9 Å². The van der Waals surface area contributed by atoms with E-state index in [0.717, 1.165) is 29.9 Å². The van der Waals surface area contributed by atoms with E-state index in [9.17, 15) is 9.59 Å². The predicted molar refractivity (Wildman–Crippen MR) is 115 cm³/mol. The van der Waals surface area contributed by atoms with Gasteiger partial charge < -0.3 is 25.0 Å². The molecular weight excluding hydrogens is 430 g/mol. The van der Waals surface area contributed by atoms with E-state index in [0.29, 0.717) is 42.8 Å². The number of imidazole rings is 1. The third-order valence-corrected chi connectivity index (χ3v) is 6.34. The first-order valence-corrected chi connectivity index (χ1v) is 11.2. The highest BCUT2D eigenvalue weighted by molar-refractivity contribution is 7.17. The van der Waals surface area contributed by atoms with Crippen LogP contribution in [0.25, 0.3) is 0 Å². The number of rotatable bonds is 9. The van der Waals surface area contributed by atoms with Crippen LogP contribution in [0, 0.1) is 0 Å². The number of carboxylic acids is 1. The molecule has 1 aliphatic rings. The lowest BCUT2D eigenvalue weighted by Gasteiger charge is -2.38. The van der Waals surface area contributed by atoms with Crippen LogP contribution in [-0.4, -0.2) is 63.8 Å². The van der Waals surface area contributed by atoms with Crippen molar-refractivity contribution in [1.29, 1.82) is 0 Å². The molecule has 0 aromatic carbocycles. The molecule has 0 bridgehead atoms. The third kappa shape index (κ3) is 5.30. The maximum atomic E-state index is 12.7. The van der Waals surface area contributed by atoms with Crippen molar-refractivity contribution in [1.82, 2.24) is 20.3 Å². The molecule has 2 aromatic rings. The first-order chi connectivity index (χ1) is 14.4. The van der Waals surface area contributed by atoms with Crippen molar-refractivity contribution in [2.75, 3.05) is 24.6 Å². The van der Waals surface area contributed by atoms with Gasteiger partial charge in [-0.2, -0.15) is 0 Å². The molecule has 3 rings (SSSR count). The molecule has 11 heteroatoms. The summed E-state index contributed by atoms with van der Waals surface area (Å²) in [4.78, 5) is 37.4. The highest BCUT2D eigenvalue weighted by Crippen LogP contribution is 2.27. The van der Waals surface area contributed by atoms with E-state index < -0.39 is 5.97 Å². The highest BCUT2D eigenvalue weighted by Gasteiger charge is 2.33. The number of aromatic nitrogens is 3. The van der Waals surface area contributed by atoms with Crippen LogP contribution in [0.5, 0.6) is 0 Å². The minimum absolute atomic E-state index is 0.192. The number of ether oxygens (including phenoxy) is 1. The smallest absolute Gasteiger partial charge is 0.347 e.